The molecule has 1 amide bonds. The lowest BCUT2D eigenvalue weighted by Crippen LogP contribution is -2.57. The van der Waals surface area contributed by atoms with E-state index in [9.17, 15) is 4.79 Å². The van der Waals surface area contributed by atoms with Crippen molar-refractivity contribution >= 4 is 22.6 Å². The van der Waals surface area contributed by atoms with Crippen LogP contribution in [0.4, 0.5) is 5.13 Å². The zero-order chi connectivity index (χ0) is 11.5. The number of hydrogen-bond acceptors (Lipinski definition) is 6. The number of amides is 1. The molecule has 6 nitrogen and oxygen atoms in total. The SMILES string of the molecule is CNC(=O)C1CNCCN1c1nc(C)ns1. The van der Waals surface area contributed by atoms with Crippen LogP contribution in [0, 0.1) is 6.92 Å². The van der Waals surface area contributed by atoms with E-state index in [-0.39, 0.29) is 11.9 Å². The van der Waals surface area contributed by atoms with E-state index in [0.717, 1.165) is 24.0 Å². The molecule has 88 valence electrons. The van der Waals surface area contributed by atoms with Crippen LogP contribution in [-0.2, 0) is 4.79 Å². The van der Waals surface area contributed by atoms with E-state index in [1.165, 1.54) is 11.5 Å². The van der Waals surface area contributed by atoms with E-state index in [1.54, 1.807) is 7.05 Å². The number of carbonyl (C=O) groups excluding carboxylic acids is 1. The third-order valence-corrected chi connectivity index (χ3v) is 3.40. The third kappa shape index (κ3) is 2.14. The molecule has 0 spiro atoms. The first-order chi connectivity index (χ1) is 7.72. The molecular weight excluding hydrogens is 226 g/mol. The number of nitrogens with zero attached hydrogens (tertiary/aromatic N) is 3. The Kier molecular flexibility index (Phi) is 3.35. The maximum Gasteiger partial charge on any atom is 0.243 e. The normalized spacial score (nSPS) is 20.9. The molecule has 0 radical (unpaired) electrons. The molecule has 16 heavy (non-hydrogen) atoms. The number of anilines is 1. The van der Waals surface area contributed by atoms with Gasteiger partial charge in [0.2, 0.25) is 11.0 Å². The van der Waals surface area contributed by atoms with E-state index in [2.05, 4.69) is 20.0 Å². The lowest BCUT2D eigenvalue weighted by Gasteiger charge is -2.34. The first-order valence-electron chi connectivity index (χ1n) is 5.21. The van der Waals surface area contributed by atoms with Crippen LogP contribution in [0.1, 0.15) is 5.82 Å². The molecule has 0 aromatic carbocycles. The Hall–Kier alpha value is -1.21. The maximum atomic E-state index is 11.7. The zero-order valence-corrected chi connectivity index (χ0v) is 10.2. The number of piperazine rings is 1. The highest BCUT2D eigenvalue weighted by Gasteiger charge is 2.29. The van der Waals surface area contributed by atoms with Gasteiger partial charge in [0.05, 0.1) is 0 Å². The second-order valence-corrected chi connectivity index (χ2v) is 4.38. The summed E-state index contributed by atoms with van der Waals surface area (Å²) in [5, 5.41) is 6.71. The summed E-state index contributed by atoms with van der Waals surface area (Å²) in [4.78, 5) is 18.1. The van der Waals surface area contributed by atoms with E-state index in [0.29, 0.717) is 6.54 Å². The van der Waals surface area contributed by atoms with Gasteiger partial charge in [0.25, 0.3) is 0 Å². The first kappa shape index (κ1) is 11.3. The fraction of sp³-hybridized carbons (Fsp3) is 0.667. The van der Waals surface area contributed by atoms with Crippen molar-refractivity contribution < 1.29 is 4.79 Å². The first-order valence-corrected chi connectivity index (χ1v) is 5.99. The average Bonchev–Trinajstić information content (AvgIpc) is 2.75. The van der Waals surface area contributed by atoms with Crippen molar-refractivity contribution in [3.8, 4) is 0 Å². The molecule has 1 saturated heterocycles. The minimum Gasteiger partial charge on any atom is -0.357 e. The minimum absolute atomic E-state index is 0.0139. The maximum absolute atomic E-state index is 11.7. The molecule has 0 saturated carbocycles. The predicted molar refractivity (Wildman–Crippen MR) is 62.7 cm³/mol. The van der Waals surface area contributed by atoms with Gasteiger partial charge in [-0.2, -0.15) is 4.37 Å². The summed E-state index contributed by atoms with van der Waals surface area (Å²) in [6.07, 6.45) is 0. The summed E-state index contributed by atoms with van der Waals surface area (Å²) < 4.78 is 4.15. The monoisotopic (exact) mass is 241 g/mol. The van der Waals surface area contributed by atoms with E-state index < -0.39 is 0 Å². The second kappa shape index (κ2) is 4.75. The summed E-state index contributed by atoms with van der Waals surface area (Å²) in [6, 6.07) is -0.189. The van der Waals surface area contributed by atoms with Gasteiger partial charge in [-0.1, -0.05) is 0 Å². The quantitative estimate of drug-likeness (QED) is 0.721. The van der Waals surface area contributed by atoms with Gasteiger partial charge in [-0.25, -0.2) is 4.98 Å². The summed E-state index contributed by atoms with van der Waals surface area (Å²) in [7, 11) is 1.65. The molecule has 1 fully saturated rings. The van der Waals surface area contributed by atoms with Crippen LogP contribution in [0.5, 0.6) is 0 Å². The molecule has 1 atom stereocenters. The topological polar surface area (TPSA) is 70.2 Å². The number of carbonyl (C=O) groups is 1. The predicted octanol–water partition coefficient (Wildman–Crippen LogP) is -0.629. The van der Waals surface area contributed by atoms with Gasteiger partial charge in [0.1, 0.15) is 11.9 Å². The number of nitrogens with one attached hydrogen (secondary N) is 2. The fourth-order valence-corrected chi connectivity index (χ4v) is 2.49. The summed E-state index contributed by atoms with van der Waals surface area (Å²) >= 11 is 1.34. The molecule has 1 aromatic rings. The summed E-state index contributed by atoms with van der Waals surface area (Å²) in [5.41, 5.74) is 0. The molecule has 0 aliphatic carbocycles. The average molecular weight is 241 g/mol. The number of aromatic nitrogens is 2. The van der Waals surface area contributed by atoms with Crippen molar-refractivity contribution in [1.29, 1.82) is 0 Å². The van der Waals surface area contributed by atoms with Crippen LogP contribution in [0.15, 0.2) is 0 Å². The van der Waals surface area contributed by atoms with Crippen molar-refractivity contribution in [3.05, 3.63) is 5.82 Å². The van der Waals surface area contributed by atoms with Gasteiger partial charge in [-0.15, -0.1) is 0 Å². The minimum atomic E-state index is -0.189. The second-order valence-electron chi connectivity index (χ2n) is 3.65. The largest absolute Gasteiger partial charge is 0.357 e. The van der Waals surface area contributed by atoms with Gasteiger partial charge in [-0.3, -0.25) is 4.79 Å². The molecule has 2 rings (SSSR count). The highest BCUT2D eigenvalue weighted by molar-refractivity contribution is 7.09. The van der Waals surface area contributed by atoms with Gasteiger partial charge in [0, 0.05) is 38.2 Å². The zero-order valence-electron chi connectivity index (χ0n) is 9.36. The van der Waals surface area contributed by atoms with Crippen molar-refractivity contribution in [1.82, 2.24) is 20.0 Å². The fourth-order valence-electron chi connectivity index (χ4n) is 1.74. The molecular formula is C9H15N5OS. The van der Waals surface area contributed by atoms with Crippen LogP contribution in [0.2, 0.25) is 0 Å². The molecule has 1 unspecified atom stereocenters. The van der Waals surface area contributed by atoms with Crippen molar-refractivity contribution in [2.24, 2.45) is 0 Å². The highest BCUT2D eigenvalue weighted by Crippen LogP contribution is 2.20. The Morgan fingerprint density at radius 3 is 3.12 bits per heavy atom. The van der Waals surface area contributed by atoms with Gasteiger partial charge in [-0.05, 0) is 6.92 Å². The lowest BCUT2D eigenvalue weighted by atomic mass is 10.2. The molecule has 1 aromatic heterocycles. The molecule has 2 N–H and O–H groups in total. The van der Waals surface area contributed by atoms with Crippen molar-refractivity contribution in [2.75, 3.05) is 31.6 Å². The summed E-state index contributed by atoms with van der Waals surface area (Å²) in [6.45, 7) is 4.16. The van der Waals surface area contributed by atoms with Crippen LogP contribution in [0.25, 0.3) is 0 Å². The van der Waals surface area contributed by atoms with E-state index >= 15 is 0 Å². The lowest BCUT2D eigenvalue weighted by molar-refractivity contribution is -0.122. The Balaban J connectivity index is 2.19. The molecule has 0 bridgehead atoms. The van der Waals surface area contributed by atoms with E-state index in [4.69, 9.17) is 0 Å². The highest BCUT2D eigenvalue weighted by atomic mass is 32.1. The summed E-state index contributed by atoms with van der Waals surface area (Å²) in [5.74, 6) is 0.772. The van der Waals surface area contributed by atoms with Crippen LogP contribution < -0.4 is 15.5 Å². The number of aryl methyl sites for hydroxylation is 1. The van der Waals surface area contributed by atoms with Crippen molar-refractivity contribution in [2.45, 2.75) is 13.0 Å². The van der Waals surface area contributed by atoms with Crippen LogP contribution >= 0.6 is 11.5 Å². The van der Waals surface area contributed by atoms with Gasteiger partial charge in [0.15, 0.2) is 0 Å². The molecule has 2 heterocycles. The molecule has 1 aliphatic heterocycles. The van der Waals surface area contributed by atoms with Crippen LogP contribution in [-0.4, -0.2) is 48.0 Å². The van der Waals surface area contributed by atoms with Gasteiger partial charge >= 0.3 is 0 Å². The Bertz CT molecular complexity index is 380. The number of likely N-dealkylation sites (N-methyl/N-ethyl adjacent to an activating group) is 1. The van der Waals surface area contributed by atoms with E-state index in [1.807, 2.05) is 11.8 Å². The number of hydrogen-bond donors (Lipinski definition) is 2. The molecule has 1 aliphatic rings. The standard InChI is InChI=1S/C9H15N5OS/c1-6-12-9(16-13-6)14-4-3-11-5-7(14)8(15)10-2/h7,11H,3-5H2,1-2H3,(H,10,15). The smallest absolute Gasteiger partial charge is 0.243 e. The Morgan fingerprint density at radius 2 is 2.50 bits per heavy atom. The van der Waals surface area contributed by atoms with Crippen molar-refractivity contribution in [3.63, 3.8) is 0 Å². The number of rotatable bonds is 2. The Labute approximate surface area is 98.2 Å². The Morgan fingerprint density at radius 1 is 1.69 bits per heavy atom. The molecule has 7 heteroatoms. The van der Waals surface area contributed by atoms with Crippen LogP contribution in [0.3, 0.4) is 0 Å². The van der Waals surface area contributed by atoms with Gasteiger partial charge < -0.3 is 15.5 Å². The third-order valence-electron chi connectivity index (χ3n) is 2.55.